The molecule has 0 radical (unpaired) electrons. The molecule has 8 atom stereocenters. The van der Waals surface area contributed by atoms with E-state index in [2.05, 4.69) is 31.3 Å². The minimum absolute atomic E-state index is 0.295. The summed E-state index contributed by atoms with van der Waals surface area (Å²) < 4.78 is 11.0. The topological polar surface area (TPSA) is 169 Å². The molecule has 0 aromatic rings. The van der Waals surface area contributed by atoms with Crippen molar-refractivity contribution in [1.82, 2.24) is 5.32 Å². The van der Waals surface area contributed by atoms with E-state index < -0.39 is 61.5 Å². The van der Waals surface area contributed by atoms with Gasteiger partial charge in [0.1, 0.15) is 30.5 Å². The molecule has 10 heteroatoms. The Kier molecular flexibility index (Phi) is 26.4. The molecule has 1 amide bonds. The number of carbonyl (C=O) groups is 1. The molecule has 7 N–H and O–H groups in total. The Morgan fingerprint density at radius 3 is 1.83 bits per heavy atom. The van der Waals surface area contributed by atoms with Gasteiger partial charge < -0.3 is 45.4 Å². The highest BCUT2D eigenvalue weighted by molar-refractivity contribution is 5.80. The van der Waals surface area contributed by atoms with Gasteiger partial charge in [-0.15, -0.1) is 0 Å². The van der Waals surface area contributed by atoms with Gasteiger partial charge >= 0.3 is 0 Å². The van der Waals surface area contributed by atoms with Gasteiger partial charge in [0.15, 0.2) is 6.29 Å². The third-order valence-electron chi connectivity index (χ3n) is 8.88. The zero-order valence-corrected chi connectivity index (χ0v) is 29.4. The summed E-state index contributed by atoms with van der Waals surface area (Å²) in [6, 6.07) is -0.979. The third kappa shape index (κ3) is 20.0. The number of rotatable bonds is 29. The van der Waals surface area contributed by atoms with E-state index in [9.17, 15) is 35.4 Å². The van der Waals surface area contributed by atoms with Gasteiger partial charge in [0.2, 0.25) is 5.91 Å². The highest BCUT2D eigenvalue weighted by Crippen LogP contribution is 2.22. The molecule has 1 aliphatic rings. The second-order valence-corrected chi connectivity index (χ2v) is 13.2. The number of carbonyl (C=O) groups excluding carboxylic acids is 1. The number of amides is 1. The van der Waals surface area contributed by atoms with Crippen molar-refractivity contribution in [3.05, 3.63) is 24.3 Å². The number of ether oxygens (including phenoxy) is 2. The van der Waals surface area contributed by atoms with E-state index in [0.29, 0.717) is 12.8 Å². The van der Waals surface area contributed by atoms with Gasteiger partial charge in [-0.25, -0.2) is 0 Å². The van der Waals surface area contributed by atoms with Crippen LogP contribution in [-0.2, 0) is 14.3 Å². The van der Waals surface area contributed by atoms with Crippen LogP contribution in [0.3, 0.4) is 0 Å². The molecule has 0 bridgehead atoms. The average molecular weight is 672 g/mol. The van der Waals surface area contributed by atoms with Gasteiger partial charge in [0.25, 0.3) is 0 Å². The number of unbranched alkanes of at least 4 members (excludes halogenated alkanes) is 16. The predicted octanol–water partition coefficient (Wildman–Crippen LogP) is 4.96. The van der Waals surface area contributed by atoms with Gasteiger partial charge in [-0.2, -0.15) is 0 Å². The molecule has 1 heterocycles. The normalized spacial score (nSPS) is 23.8. The van der Waals surface area contributed by atoms with E-state index in [-0.39, 0.29) is 6.61 Å². The molecular formula is C37H69NO9. The quantitative estimate of drug-likeness (QED) is 0.0429. The predicted molar refractivity (Wildman–Crippen MR) is 186 cm³/mol. The highest BCUT2D eigenvalue weighted by Gasteiger charge is 2.44. The first-order valence-electron chi connectivity index (χ1n) is 18.7. The Balaban J connectivity index is 2.57. The lowest BCUT2D eigenvalue weighted by Crippen LogP contribution is -2.60. The lowest BCUT2D eigenvalue weighted by atomic mass is 9.99. The first kappa shape index (κ1) is 43.7. The molecule has 47 heavy (non-hydrogen) atoms. The van der Waals surface area contributed by atoms with Gasteiger partial charge in [-0.1, -0.05) is 122 Å². The summed E-state index contributed by atoms with van der Waals surface area (Å²) in [5.41, 5.74) is 0. The first-order chi connectivity index (χ1) is 22.8. The Hall–Kier alpha value is -1.37. The summed E-state index contributed by atoms with van der Waals surface area (Å²) >= 11 is 0. The molecule has 1 aliphatic heterocycles. The van der Waals surface area contributed by atoms with Crippen molar-refractivity contribution < 1.29 is 44.9 Å². The van der Waals surface area contributed by atoms with Crippen LogP contribution in [0.5, 0.6) is 0 Å². The van der Waals surface area contributed by atoms with Gasteiger partial charge in [-0.3, -0.25) is 4.79 Å². The van der Waals surface area contributed by atoms with Crippen LogP contribution in [0, 0.1) is 0 Å². The van der Waals surface area contributed by atoms with Crippen molar-refractivity contribution in [2.45, 2.75) is 191 Å². The van der Waals surface area contributed by atoms with Crippen LogP contribution < -0.4 is 5.32 Å². The minimum Gasteiger partial charge on any atom is -0.394 e. The highest BCUT2D eigenvalue weighted by atomic mass is 16.7. The van der Waals surface area contributed by atoms with Crippen LogP contribution in [-0.4, -0.2) is 98.7 Å². The fraction of sp³-hybridized carbons (Fsp3) is 0.865. The lowest BCUT2D eigenvalue weighted by Gasteiger charge is -2.40. The zero-order chi connectivity index (χ0) is 34.7. The fourth-order valence-corrected chi connectivity index (χ4v) is 5.68. The van der Waals surface area contributed by atoms with Crippen LogP contribution in [0.1, 0.15) is 142 Å². The van der Waals surface area contributed by atoms with Crippen molar-refractivity contribution in [3.8, 4) is 0 Å². The lowest BCUT2D eigenvalue weighted by molar-refractivity contribution is -0.302. The molecule has 10 nitrogen and oxygen atoms in total. The van der Waals surface area contributed by atoms with Crippen molar-refractivity contribution in [1.29, 1.82) is 0 Å². The van der Waals surface area contributed by atoms with Crippen LogP contribution in [0.25, 0.3) is 0 Å². The maximum Gasteiger partial charge on any atom is 0.249 e. The molecule has 1 rings (SSSR count). The average Bonchev–Trinajstić information content (AvgIpc) is 3.07. The van der Waals surface area contributed by atoms with E-state index in [1.165, 1.54) is 64.2 Å². The van der Waals surface area contributed by atoms with Crippen molar-refractivity contribution in [2.75, 3.05) is 13.2 Å². The summed E-state index contributed by atoms with van der Waals surface area (Å²) in [7, 11) is 0. The molecule has 276 valence electrons. The summed E-state index contributed by atoms with van der Waals surface area (Å²) in [6.45, 7) is 3.51. The number of hydrogen-bond acceptors (Lipinski definition) is 9. The van der Waals surface area contributed by atoms with E-state index in [1.54, 1.807) is 6.08 Å². The van der Waals surface area contributed by atoms with Crippen molar-refractivity contribution in [3.63, 3.8) is 0 Å². The minimum atomic E-state index is -1.61. The Labute approximate surface area is 284 Å². The van der Waals surface area contributed by atoms with Crippen LogP contribution in [0.2, 0.25) is 0 Å². The van der Waals surface area contributed by atoms with E-state index in [0.717, 1.165) is 51.4 Å². The number of aliphatic hydroxyl groups excluding tert-OH is 6. The Morgan fingerprint density at radius 2 is 1.23 bits per heavy atom. The molecule has 0 aromatic carbocycles. The first-order valence-corrected chi connectivity index (χ1v) is 18.7. The van der Waals surface area contributed by atoms with E-state index >= 15 is 0 Å². The second kappa shape index (κ2) is 28.5. The Morgan fingerprint density at radius 1 is 0.723 bits per heavy atom. The SMILES string of the molecule is CCCCC/C=C\CCCCCCC(O)C(=O)NC(COC1OC(CO)C(O)C(O)C1O)C(O)/C=C/CCCCCCCCCCC. The van der Waals surface area contributed by atoms with Crippen LogP contribution >= 0.6 is 0 Å². The second-order valence-electron chi connectivity index (χ2n) is 13.2. The summed E-state index contributed by atoms with van der Waals surface area (Å²) in [4.78, 5) is 12.9. The summed E-state index contributed by atoms with van der Waals surface area (Å²) in [6.07, 6.45) is 19.9. The number of nitrogens with one attached hydrogen (secondary N) is 1. The standard InChI is InChI=1S/C37H69NO9/c1-3-5-7-9-11-13-15-17-19-21-23-25-30(40)29(28-46-37-35(44)34(43)33(42)32(27-39)47-37)38-36(45)31(41)26-24-22-20-18-16-14-12-10-8-6-4-2/h12,14,23,25,29-35,37,39-44H,3-11,13,15-22,24,26-28H2,1-2H3,(H,38,45)/b14-12-,25-23+. The fourth-order valence-electron chi connectivity index (χ4n) is 5.68. The van der Waals surface area contributed by atoms with E-state index in [4.69, 9.17) is 9.47 Å². The largest absolute Gasteiger partial charge is 0.394 e. The van der Waals surface area contributed by atoms with Crippen molar-refractivity contribution in [2.24, 2.45) is 0 Å². The van der Waals surface area contributed by atoms with E-state index in [1.807, 2.05) is 6.08 Å². The molecule has 0 saturated carbocycles. The summed E-state index contributed by atoms with van der Waals surface area (Å²) in [5, 5.41) is 64.1. The van der Waals surface area contributed by atoms with Crippen LogP contribution in [0.15, 0.2) is 24.3 Å². The number of hydrogen-bond donors (Lipinski definition) is 7. The van der Waals surface area contributed by atoms with Gasteiger partial charge in [-0.05, 0) is 44.9 Å². The summed E-state index contributed by atoms with van der Waals surface area (Å²) in [5.74, 6) is -0.631. The van der Waals surface area contributed by atoms with Gasteiger partial charge in [0, 0.05) is 0 Å². The molecule has 0 aliphatic carbocycles. The van der Waals surface area contributed by atoms with Gasteiger partial charge in [0.05, 0.1) is 25.4 Å². The monoisotopic (exact) mass is 671 g/mol. The molecule has 1 saturated heterocycles. The molecular weight excluding hydrogens is 602 g/mol. The smallest absolute Gasteiger partial charge is 0.249 e. The molecule has 1 fully saturated rings. The number of allylic oxidation sites excluding steroid dienone is 3. The zero-order valence-electron chi connectivity index (χ0n) is 29.4. The molecule has 0 spiro atoms. The molecule has 0 aromatic heterocycles. The molecule has 8 unspecified atom stereocenters. The van der Waals surface area contributed by atoms with Crippen molar-refractivity contribution >= 4 is 5.91 Å². The maximum atomic E-state index is 12.9. The number of aliphatic hydroxyl groups is 6. The van der Waals surface area contributed by atoms with Crippen LogP contribution in [0.4, 0.5) is 0 Å². The maximum absolute atomic E-state index is 12.9. The Bertz CT molecular complexity index is 809. The third-order valence-corrected chi connectivity index (χ3v) is 8.88.